The predicted molar refractivity (Wildman–Crippen MR) is 55.6 cm³/mol. The van der Waals surface area contributed by atoms with Crippen molar-refractivity contribution in [3.8, 4) is 5.75 Å². The van der Waals surface area contributed by atoms with E-state index < -0.39 is 24.3 Å². The van der Waals surface area contributed by atoms with E-state index in [9.17, 15) is 9.59 Å². The van der Waals surface area contributed by atoms with E-state index in [1.807, 2.05) is 0 Å². The third kappa shape index (κ3) is 2.98. The summed E-state index contributed by atoms with van der Waals surface area (Å²) in [6, 6.07) is 6.40. The number of methoxy groups -OCH3 is 1. The molecule has 0 saturated carbocycles. The molecule has 0 unspecified atom stereocenters. The lowest BCUT2D eigenvalue weighted by molar-refractivity contribution is -0.145. The Morgan fingerprint density at radius 2 is 2.06 bits per heavy atom. The Labute approximate surface area is 92.3 Å². The first kappa shape index (κ1) is 12.0. The van der Waals surface area contributed by atoms with Crippen LogP contribution in [0.5, 0.6) is 5.75 Å². The standard InChI is InChI=1S/C11H12O5/c1-16-8-4-2-3-7(5-8)9(11(14)15)6-10(12)13/h2-5,9H,6H2,1H3,(H,12,13)(H,14,15)/t9-/m1/s1. The molecule has 86 valence electrons. The lowest BCUT2D eigenvalue weighted by Crippen LogP contribution is -2.15. The molecule has 0 radical (unpaired) electrons. The van der Waals surface area contributed by atoms with Gasteiger partial charge in [-0.2, -0.15) is 0 Å². The lowest BCUT2D eigenvalue weighted by Gasteiger charge is -2.11. The van der Waals surface area contributed by atoms with Gasteiger partial charge in [0.15, 0.2) is 0 Å². The van der Waals surface area contributed by atoms with Crippen LogP contribution in [-0.2, 0) is 9.59 Å². The van der Waals surface area contributed by atoms with Gasteiger partial charge in [-0.1, -0.05) is 12.1 Å². The van der Waals surface area contributed by atoms with Crippen LogP contribution in [0.4, 0.5) is 0 Å². The predicted octanol–water partition coefficient (Wildman–Crippen LogP) is 1.34. The first-order valence-corrected chi connectivity index (χ1v) is 4.63. The first-order chi connectivity index (χ1) is 7.54. The van der Waals surface area contributed by atoms with Gasteiger partial charge in [0.2, 0.25) is 0 Å². The van der Waals surface area contributed by atoms with Crippen molar-refractivity contribution in [1.29, 1.82) is 0 Å². The van der Waals surface area contributed by atoms with E-state index in [2.05, 4.69) is 0 Å². The number of hydrogen-bond donors (Lipinski definition) is 2. The Hall–Kier alpha value is -2.04. The van der Waals surface area contributed by atoms with Crippen LogP contribution < -0.4 is 4.74 Å². The molecule has 5 nitrogen and oxygen atoms in total. The van der Waals surface area contributed by atoms with E-state index in [4.69, 9.17) is 14.9 Å². The van der Waals surface area contributed by atoms with Gasteiger partial charge in [-0.15, -0.1) is 0 Å². The zero-order chi connectivity index (χ0) is 12.1. The highest BCUT2D eigenvalue weighted by atomic mass is 16.5. The molecule has 0 saturated heterocycles. The van der Waals surface area contributed by atoms with Crippen LogP contribution in [0.3, 0.4) is 0 Å². The smallest absolute Gasteiger partial charge is 0.311 e. The summed E-state index contributed by atoms with van der Waals surface area (Å²) in [4.78, 5) is 21.5. The van der Waals surface area contributed by atoms with Crippen molar-refractivity contribution in [3.63, 3.8) is 0 Å². The lowest BCUT2D eigenvalue weighted by atomic mass is 9.96. The molecular formula is C11H12O5. The highest BCUT2D eigenvalue weighted by molar-refractivity contribution is 5.82. The summed E-state index contributed by atoms with van der Waals surface area (Å²) < 4.78 is 4.95. The summed E-state index contributed by atoms with van der Waals surface area (Å²) in [5.41, 5.74) is 0.425. The summed E-state index contributed by atoms with van der Waals surface area (Å²) in [5, 5.41) is 17.6. The second kappa shape index (κ2) is 5.16. The Morgan fingerprint density at radius 3 is 2.56 bits per heavy atom. The van der Waals surface area contributed by atoms with Crippen molar-refractivity contribution in [2.24, 2.45) is 0 Å². The van der Waals surface area contributed by atoms with Crippen LogP contribution in [0.15, 0.2) is 24.3 Å². The van der Waals surface area contributed by atoms with Crippen LogP contribution in [0, 0.1) is 0 Å². The second-order valence-corrected chi connectivity index (χ2v) is 3.27. The molecule has 0 aromatic heterocycles. The van der Waals surface area contributed by atoms with E-state index in [1.54, 1.807) is 18.2 Å². The number of ether oxygens (including phenoxy) is 1. The van der Waals surface area contributed by atoms with Crippen LogP contribution in [0.2, 0.25) is 0 Å². The molecule has 0 spiro atoms. The van der Waals surface area contributed by atoms with Gasteiger partial charge >= 0.3 is 11.9 Å². The molecule has 2 N–H and O–H groups in total. The number of benzene rings is 1. The topological polar surface area (TPSA) is 83.8 Å². The largest absolute Gasteiger partial charge is 0.497 e. The van der Waals surface area contributed by atoms with Gasteiger partial charge in [0.1, 0.15) is 5.75 Å². The Morgan fingerprint density at radius 1 is 1.38 bits per heavy atom. The minimum atomic E-state index is -1.16. The average Bonchev–Trinajstić information content (AvgIpc) is 2.25. The molecule has 1 aromatic rings. The number of rotatable bonds is 5. The molecule has 1 aromatic carbocycles. The van der Waals surface area contributed by atoms with Gasteiger partial charge in [-0.05, 0) is 17.7 Å². The monoisotopic (exact) mass is 224 g/mol. The van der Waals surface area contributed by atoms with Gasteiger partial charge in [0.05, 0.1) is 19.4 Å². The summed E-state index contributed by atoms with van der Waals surface area (Å²) in [5.74, 6) is -2.84. The SMILES string of the molecule is COc1cccc([C@@H](CC(=O)O)C(=O)O)c1. The van der Waals surface area contributed by atoms with Crippen molar-refractivity contribution in [1.82, 2.24) is 0 Å². The van der Waals surface area contributed by atoms with E-state index in [0.29, 0.717) is 11.3 Å². The molecule has 0 amide bonds. The van der Waals surface area contributed by atoms with Gasteiger partial charge < -0.3 is 14.9 Å². The number of hydrogen-bond acceptors (Lipinski definition) is 3. The Bertz CT molecular complexity index is 399. The van der Waals surface area contributed by atoms with Crippen molar-refractivity contribution in [2.75, 3.05) is 7.11 Å². The maximum atomic E-state index is 10.9. The zero-order valence-corrected chi connectivity index (χ0v) is 8.71. The summed E-state index contributed by atoms with van der Waals surface area (Å²) in [6.07, 6.45) is -0.442. The Balaban J connectivity index is 3.00. The van der Waals surface area contributed by atoms with Crippen LogP contribution in [0.1, 0.15) is 17.9 Å². The molecule has 1 rings (SSSR count). The van der Waals surface area contributed by atoms with Gasteiger partial charge in [-0.25, -0.2) is 0 Å². The zero-order valence-electron chi connectivity index (χ0n) is 8.71. The van der Waals surface area contributed by atoms with Crippen molar-refractivity contribution in [2.45, 2.75) is 12.3 Å². The molecule has 0 heterocycles. The van der Waals surface area contributed by atoms with E-state index in [-0.39, 0.29) is 0 Å². The average molecular weight is 224 g/mol. The van der Waals surface area contributed by atoms with Gasteiger partial charge in [0.25, 0.3) is 0 Å². The minimum Gasteiger partial charge on any atom is -0.497 e. The molecule has 0 fully saturated rings. The summed E-state index contributed by atoms with van der Waals surface area (Å²) in [7, 11) is 1.46. The Kier molecular flexibility index (Phi) is 3.88. The van der Waals surface area contributed by atoms with Crippen molar-refractivity contribution in [3.05, 3.63) is 29.8 Å². The summed E-state index contributed by atoms with van der Waals surface area (Å²) in [6.45, 7) is 0. The highest BCUT2D eigenvalue weighted by Crippen LogP contribution is 2.23. The summed E-state index contributed by atoms with van der Waals surface area (Å²) >= 11 is 0. The molecule has 0 aliphatic rings. The van der Waals surface area contributed by atoms with Crippen molar-refractivity contribution < 1.29 is 24.5 Å². The third-order valence-electron chi connectivity index (χ3n) is 2.17. The molecule has 0 aliphatic heterocycles. The number of carbonyl (C=O) groups is 2. The van der Waals surface area contributed by atoms with Crippen LogP contribution in [0.25, 0.3) is 0 Å². The maximum Gasteiger partial charge on any atom is 0.311 e. The quantitative estimate of drug-likeness (QED) is 0.788. The van der Waals surface area contributed by atoms with Gasteiger partial charge in [0, 0.05) is 0 Å². The normalized spacial score (nSPS) is 11.8. The number of carboxylic acids is 2. The van der Waals surface area contributed by atoms with Crippen LogP contribution >= 0.6 is 0 Å². The van der Waals surface area contributed by atoms with Crippen LogP contribution in [-0.4, -0.2) is 29.3 Å². The maximum absolute atomic E-state index is 10.9. The van der Waals surface area contributed by atoms with E-state index in [0.717, 1.165) is 0 Å². The molecule has 0 aliphatic carbocycles. The fourth-order valence-corrected chi connectivity index (χ4v) is 1.38. The molecule has 16 heavy (non-hydrogen) atoms. The third-order valence-corrected chi connectivity index (χ3v) is 2.17. The highest BCUT2D eigenvalue weighted by Gasteiger charge is 2.23. The van der Waals surface area contributed by atoms with Crippen molar-refractivity contribution >= 4 is 11.9 Å². The molecule has 0 bridgehead atoms. The van der Waals surface area contributed by atoms with E-state index in [1.165, 1.54) is 13.2 Å². The van der Waals surface area contributed by atoms with Gasteiger partial charge in [-0.3, -0.25) is 9.59 Å². The number of aliphatic carboxylic acids is 2. The fraction of sp³-hybridized carbons (Fsp3) is 0.273. The number of carboxylic acid groups (broad SMARTS) is 2. The molecule has 5 heteroatoms. The molecule has 1 atom stereocenters. The first-order valence-electron chi connectivity index (χ1n) is 4.63. The minimum absolute atomic E-state index is 0.425. The van der Waals surface area contributed by atoms with E-state index >= 15 is 0 Å². The molecular weight excluding hydrogens is 212 g/mol. The fourth-order valence-electron chi connectivity index (χ4n) is 1.38. The second-order valence-electron chi connectivity index (χ2n) is 3.27.